The predicted molar refractivity (Wildman–Crippen MR) is 128 cm³/mol. The number of benzene rings is 3. The molecule has 0 saturated carbocycles. The largest absolute Gasteiger partial charge is 0.370 e. The van der Waals surface area contributed by atoms with Crippen molar-refractivity contribution in [3.63, 3.8) is 0 Å². The highest BCUT2D eigenvalue weighted by Gasteiger charge is 2.27. The third kappa shape index (κ3) is 3.82. The molecule has 1 fully saturated rings. The van der Waals surface area contributed by atoms with Crippen LogP contribution in [-0.4, -0.2) is 23.9 Å². The van der Waals surface area contributed by atoms with E-state index in [2.05, 4.69) is 4.90 Å². The summed E-state index contributed by atoms with van der Waals surface area (Å²) in [4.78, 5) is 21.3. The van der Waals surface area contributed by atoms with Crippen LogP contribution < -0.4 is 4.90 Å². The van der Waals surface area contributed by atoms with Crippen LogP contribution in [-0.2, 0) is 0 Å². The summed E-state index contributed by atoms with van der Waals surface area (Å²) in [5.41, 5.74) is 4.81. The standard InChI is InChI=1S/C27H23ClN2O/c28-21-14-15-23-22(18-21)26(30-16-8-3-9-17-30)24(27(31)20-12-6-2-7-13-20)25(29-23)19-10-4-1-5-11-19/h1-2,4-7,10-15,18H,3,8-9,16-17H2. The summed E-state index contributed by atoms with van der Waals surface area (Å²) in [5.74, 6) is -0.00518. The lowest BCUT2D eigenvalue weighted by Crippen LogP contribution is -2.31. The Morgan fingerprint density at radius 3 is 2.23 bits per heavy atom. The quantitative estimate of drug-likeness (QED) is 0.337. The van der Waals surface area contributed by atoms with Crippen LogP contribution in [0.5, 0.6) is 0 Å². The van der Waals surface area contributed by atoms with E-state index in [4.69, 9.17) is 16.6 Å². The molecule has 1 saturated heterocycles. The summed E-state index contributed by atoms with van der Waals surface area (Å²) in [5, 5.41) is 1.59. The van der Waals surface area contributed by atoms with E-state index < -0.39 is 0 Å². The number of carbonyl (C=O) groups is 1. The van der Waals surface area contributed by atoms with Gasteiger partial charge in [-0.3, -0.25) is 4.79 Å². The van der Waals surface area contributed by atoms with E-state index in [1.165, 1.54) is 6.42 Å². The van der Waals surface area contributed by atoms with Crippen molar-refractivity contribution in [2.75, 3.05) is 18.0 Å². The number of aromatic nitrogens is 1. The first-order valence-corrected chi connectivity index (χ1v) is 11.1. The number of rotatable bonds is 4. The van der Waals surface area contributed by atoms with Gasteiger partial charge in [-0.05, 0) is 37.5 Å². The van der Waals surface area contributed by atoms with Crippen molar-refractivity contribution in [2.45, 2.75) is 19.3 Å². The molecule has 0 unspecified atom stereocenters. The average Bonchev–Trinajstić information content (AvgIpc) is 2.84. The second-order valence-electron chi connectivity index (χ2n) is 7.95. The molecule has 1 aliphatic heterocycles. The number of ketones is 1. The van der Waals surface area contributed by atoms with Gasteiger partial charge in [0.15, 0.2) is 5.78 Å². The van der Waals surface area contributed by atoms with Gasteiger partial charge in [-0.15, -0.1) is 0 Å². The molecule has 0 N–H and O–H groups in total. The highest BCUT2D eigenvalue weighted by molar-refractivity contribution is 6.31. The molecule has 2 heterocycles. The Balaban J connectivity index is 1.86. The highest BCUT2D eigenvalue weighted by Crippen LogP contribution is 2.39. The van der Waals surface area contributed by atoms with Crippen molar-refractivity contribution in [3.05, 3.63) is 95.0 Å². The second-order valence-corrected chi connectivity index (χ2v) is 8.39. The molecular weight excluding hydrogens is 404 g/mol. The molecule has 0 bridgehead atoms. The molecule has 5 rings (SSSR count). The van der Waals surface area contributed by atoms with Crippen molar-refractivity contribution in [3.8, 4) is 11.3 Å². The van der Waals surface area contributed by atoms with Gasteiger partial charge in [0.05, 0.1) is 22.5 Å². The van der Waals surface area contributed by atoms with Crippen molar-refractivity contribution in [1.82, 2.24) is 4.98 Å². The maximum atomic E-state index is 13.9. The van der Waals surface area contributed by atoms with Crippen molar-refractivity contribution in [2.24, 2.45) is 0 Å². The zero-order valence-electron chi connectivity index (χ0n) is 17.2. The topological polar surface area (TPSA) is 33.2 Å². The van der Waals surface area contributed by atoms with Gasteiger partial charge >= 0.3 is 0 Å². The molecule has 3 aromatic carbocycles. The van der Waals surface area contributed by atoms with Crippen LogP contribution in [0.4, 0.5) is 5.69 Å². The number of hydrogen-bond acceptors (Lipinski definition) is 3. The number of pyridine rings is 1. The molecule has 154 valence electrons. The van der Waals surface area contributed by atoms with E-state index in [0.29, 0.717) is 16.1 Å². The molecule has 1 aromatic heterocycles. The molecule has 4 aromatic rings. The van der Waals surface area contributed by atoms with E-state index in [1.807, 2.05) is 78.9 Å². The predicted octanol–water partition coefficient (Wildman–Crippen LogP) is 6.78. The lowest BCUT2D eigenvalue weighted by Gasteiger charge is -2.32. The SMILES string of the molecule is O=C(c1ccccc1)c1c(-c2ccccc2)nc2ccc(Cl)cc2c1N1CCCCC1. The summed E-state index contributed by atoms with van der Waals surface area (Å²) in [6, 6.07) is 25.2. The maximum absolute atomic E-state index is 13.9. The number of hydrogen-bond donors (Lipinski definition) is 0. The average molecular weight is 427 g/mol. The minimum atomic E-state index is -0.00518. The first-order chi connectivity index (χ1) is 15.2. The number of fused-ring (bicyclic) bond motifs is 1. The summed E-state index contributed by atoms with van der Waals surface area (Å²) in [7, 11) is 0. The van der Waals surface area contributed by atoms with Gasteiger partial charge < -0.3 is 4.90 Å². The molecule has 3 nitrogen and oxygen atoms in total. The van der Waals surface area contributed by atoms with Gasteiger partial charge in [-0.25, -0.2) is 4.98 Å². The third-order valence-electron chi connectivity index (χ3n) is 5.90. The lowest BCUT2D eigenvalue weighted by molar-refractivity contribution is 0.103. The molecule has 0 aliphatic carbocycles. The van der Waals surface area contributed by atoms with Gasteiger partial charge in [0.25, 0.3) is 0 Å². The van der Waals surface area contributed by atoms with E-state index in [9.17, 15) is 4.79 Å². The molecule has 1 aliphatic rings. The number of halogens is 1. The van der Waals surface area contributed by atoms with E-state index in [0.717, 1.165) is 53.8 Å². The van der Waals surface area contributed by atoms with Gasteiger partial charge in [0.2, 0.25) is 0 Å². The Labute approximate surface area is 187 Å². The normalized spacial score (nSPS) is 14.0. The number of anilines is 1. The van der Waals surface area contributed by atoms with Crippen molar-refractivity contribution in [1.29, 1.82) is 0 Å². The molecule has 0 amide bonds. The number of piperidine rings is 1. The Kier molecular flexibility index (Phi) is 5.44. The van der Waals surface area contributed by atoms with Gasteiger partial charge in [-0.2, -0.15) is 0 Å². The first-order valence-electron chi connectivity index (χ1n) is 10.8. The van der Waals surface area contributed by atoms with Crippen molar-refractivity contribution < 1.29 is 4.79 Å². The van der Waals surface area contributed by atoms with Crippen LogP contribution in [0.1, 0.15) is 35.2 Å². The third-order valence-corrected chi connectivity index (χ3v) is 6.14. The molecular formula is C27H23ClN2O. The summed E-state index contributed by atoms with van der Waals surface area (Å²) in [6.45, 7) is 1.85. The summed E-state index contributed by atoms with van der Waals surface area (Å²) in [6.07, 6.45) is 3.45. The fraction of sp³-hybridized carbons (Fsp3) is 0.185. The number of nitrogens with zero attached hydrogens (tertiary/aromatic N) is 2. The van der Waals surface area contributed by atoms with Gasteiger partial charge in [-0.1, -0.05) is 72.3 Å². The van der Waals surface area contributed by atoms with E-state index in [1.54, 1.807) is 0 Å². The van der Waals surface area contributed by atoms with Crippen LogP contribution >= 0.6 is 11.6 Å². The van der Waals surface area contributed by atoms with E-state index in [-0.39, 0.29) is 5.78 Å². The number of carbonyl (C=O) groups excluding carboxylic acids is 1. The van der Waals surface area contributed by atoms with Crippen LogP contribution in [0.3, 0.4) is 0 Å². The molecule has 0 radical (unpaired) electrons. The molecule has 0 spiro atoms. The summed E-state index contributed by atoms with van der Waals surface area (Å²) < 4.78 is 0. The minimum absolute atomic E-state index is 0.00518. The van der Waals surface area contributed by atoms with Gasteiger partial charge in [0.1, 0.15) is 0 Å². The fourth-order valence-corrected chi connectivity index (χ4v) is 4.59. The molecule has 31 heavy (non-hydrogen) atoms. The summed E-state index contributed by atoms with van der Waals surface area (Å²) >= 11 is 6.40. The Morgan fingerprint density at radius 2 is 1.52 bits per heavy atom. The van der Waals surface area contributed by atoms with Crippen LogP contribution in [0.25, 0.3) is 22.2 Å². The van der Waals surface area contributed by atoms with Crippen LogP contribution in [0.2, 0.25) is 5.02 Å². The molecule has 4 heteroatoms. The Hall–Kier alpha value is -3.17. The highest BCUT2D eigenvalue weighted by atomic mass is 35.5. The lowest BCUT2D eigenvalue weighted by atomic mass is 9.93. The maximum Gasteiger partial charge on any atom is 0.197 e. The monoisotopic (exact) mass is 426 g/mol. The van der Waals surface area contributed by atoms with Gasteiger partial charge in [0, 0.05) is 34.6 Å². The Morgan fingerprint density at radius 1 is 0.839 bits per heavy atom. The second kappa shape index (κ2) is 8.52. The molecule has 0 atom stereocenters. The zero-order chi connectivity index (χ0) is 21.2. The van der Waals surface area contributed by atoms with Crippen molar-refractivity contribution >= 4 is 34.0 Å². The van der Waals surface area contributed by atoms with E-state index >= 15 is 0 Å². The minimum Gasteiger partial charge on any atom is -0.370 e. The Bertz CT molecular complexity index is 1230. The fourth-order valence-electron chi connectivity index (χ4n) is 4.42. The van der Waals surface area contributed by atoms with Crippen LogP contribution in [0.15, 0.2) is 78.9 Å². The first kappa shape index (κ1) is 19.8. The zero-order valence-corrected chi connectivity index (χ0v) is 18.0. The smallest absolute Gasteiger partial charge is 0.197 e. The van der Waals surface area contributed by atoms with Crippen LogP contribution in [0, 0.1) is 0 Å².